The lowest BCUT2D eigenvalue weighted by molar-refractivity contribution is 0.0453. The fourth-order valence-electron chi connectivity index (χ4n) is 1.89. The van der Waals surface area contributed by atoms with E-state index in [1.165, 1.54) is 6.07 Å². The molecule has 1 saturated heterocycles. The predicted molar refractivity (Wildman–Crippen MR) is 61.3 cm³/mol. The summed E-state index contributed by atoms with van der Waals surface area (Å²) >= 11 is 0. The number of hydrogen-bond donors (Lipinski definition) is 2. The Morgan fingerprint density at radius 3 is 2.62 bits per heavy atom. The molecule has 1 fully saturated rings. The van der Waals surface area contributed by atoms with Crippen LogP contribution < -0.4 is 5.73 Å². The van der Waals surface area contributed by atoms with Gasteiger partial charge >= 0.3 is 0 Å². The monoisotopic (exact) mass is 220 g/mol. The highest BCUT2D eigenvalue weighted by atomic mass is 16.3. The number of amides is 1. The molecule has 0 bridgehead atoms. The SMILES string of the molecule is Cc1ccc(C(=O)N2CC(C)(N)C2)cc1O. The topological polar surface area (TPSA) is 66.6 Å². The van der Waals surface area contributed by atoms with Crippen molar-refractivity contribution in [3.8, 4) is 5.75 Å². The number of likely N-dealkylation sites (tertiary alicyclic amines) is 1. The van der Waals surface area contributed by atoms with Gasteiger partial charge in [-0.25, -0.2) is 0 Å². The number of carbonyl (C=O) groups is 1. The van der Waals surface area contributed by atoms with Crippen molar-refractivity contribution >= 4 is 5.91 Å². The Labute approximate surface area is 94.7 Å². The second-order valence-electron chi connectivity index (χ2n) is 4.82. The first-order valence-corrected chi connectivity index (χ1v) is 5.27. The molecule has 3 N–H and O–H groups in total. The van der Waals surface area contributed by atoms with E-state index >= 15 is 0 Å². The predicted octanol–water partition coefficient (Wildman–Crippen LogP) is 0.874. The minimum Gasteiger partial charge on any atom is -0.508 e. The van der Waals surface area contributed by atoms with Crippen molar-refractivity contribution in [2.75, 3.05) is 13.1 Å². The van der Waals surface area contributed by atoms with Crippen molar-refractivity contribution in [1.29, 1.82) is 0 Å². The van der Waals surface area contributed by atoms with Gasteiger partial charge in [0.15, 0.2) is 0 Å². The molecule has 0 saturated carbocycles. The number of phenolic OH excluding ortho intramolecular Hbond substituents is 1. The third-order valence-electron chi connectivity index (χ3n) is 2.85. The second kappa shape index (κ2) is 3.49. The van der Waals surface area contributed by atoms with E-state index in [9.17, 15) is 9.90 Å². The Bertz CT molecular complexity index is 433. The first-order valence-electron chi connectivity index (χ1n) is 5.27. The van der Waals surface area contributed by atoms with Crippen molar-refractivity contribution in [1.82, 2.24) is 4.90 Å². The summed E-state index contributed by atoms with van der Waals surface area (Å²) in [6.07, 6.45) is 0. The molecule has 0 atom stereocenters. The number of hydrogen-bond acceptors (Lipinski definition) is 3. The van der Waals surface area contributed by atoms with Gasteiger partial charge in [0.1, 0.15) is 5.75 Å². The first-order chi connectivity index (χ1) is 7.39. The zero-order valence-electron chi connectivity index (χ0n) is 9.53. The van der Waals surface area contributed by atoms with Gasteiger partial charge in [-0.15, -0.1) is 0 Å². The molecule has 1 aromatic rings. The maximum absolute atomic E-state index is 11.9. The highest BCUT2D eigenvalue weighted by Gasteiger charge is 2.38. The molecular formula is C12H16N2O2. The molecule has 86 valence electrons. The lowest BCUT2D eigenvalue weighted by Crippen LogP contribution is -2.66. The van der Waals surface area contributed by atoms with E-state index in [0.717, 1.165) is 5.56 Å². The van der Waals surface area contributed by atoms with Crippen LogP contribution in [0, 0.1) is 6.92 Å². The van der Waals surface area contributed by atoms with Crippen molar-refractivity contribution in [3.63, 3.8) is 0 Å². The number of phenols is 1. The number of nitrogens with two attached hydrogens (primary N) is 1. The maximum Gasteiger partial charge on any atom is 0.254 e. The summed E-state index contributed by atoms with van der Waals surface area (Å²) in [5, 5.41) is 9.53. The molecule has 1 aliphatic rings. The van der Waals surface area contributed by atoms with Crippen LogP contribution in [0.15, 0.2) is 18.2 Å². The van der Waals surface area contributed by atoms with Gasteiger partial charge in [0, 0.05) is 24.2 Å². The lowest BCUT2D eigenvalue weighted by atomic mass is 9.93. The standard InChI is InChI=1S/C12H16N2O2/c1-8-3-4-9(5-10(8)15)11(16)14-6-12(2,13)7-14/h3-5,15H,6-7,13H2,1-2H3. The normalized spacial score (nSPS) is 18.1. The molecule has 0 spiro atoms. The zero-order chi connectivity index (χ0) is 11.9. The number of rotatable bonds is 1. The molecule has 0 aromatic heterocycles. The molecule has 4 nitrogen and oxygen atoms in total. The van der Waals surface area contributed by atoms with E-state index < -0.39 is 0 Å². The minimum absolute atomic E-state index is 0.0711. The van der Waals surface area contributed by atoms with Crippen LogP contribution in [0.4, 0.5) is 0 Å². The fourth-order valence-corrected chi connectivity index (χ4v) is 1.89. The van der Waals surface area contributed by atoms with Gasteiger partial charge in [-0.05, 0) is 31.5 Å². The Morgan fingerprint density at radius 1 is 1.50 bits per heavy atom. The van der Waals surface area contributed by atoms with E-state index in [4.69, 9.17) is 5.73 Å². The van der Waals surface area contributed by atoms with Crippen LogP contribution in [-0.4, -0.2) is 34.5 Å². The van der Waals surface area contributed by atoms with Crippen molar-refractivity contribution in [3.05, 3.63) is 29.3 Å². The van der Waals surface area contributed by atoms with E-state index in [1.807, 2.05) is 6.92 Å². The van der Waals surface area contributed by atoms with E-state index in [-0.39, 0.29) is 17.2 Å². The smallest absolute Gasteiger partial charge is 0.254 e. The van der Waals surface area contributed by atoms with E-state index in [2.05, 4.69) is 0 Å². The Morgan fingerprint density at radius 2 is 2.12 bits per heavy atom. The van der Waals surface area contributed by atoms with Gasteiger partial charge in [-0.3, -0.25) is 4.79 Å². The molecule has 2 rings (SSSR count). The van der Waals surface area contributed by atoms with E-state index in [0.29, 0.717) is 18.7 Å². The highest BCUT2D eigenvalue weighted by Crippen LogP contribution is 2.23. The number of carbonyl (C=O) groups excluding carboxylic acids is 1. The molecule has 1 aromatic carbocycles. The minimum atomic E-state index is -0.262. The third kappa shape index (κ3) is 1.88. The number of aryl methyl sites for hydroxylation is 1. The number of aromatic hydroxyl groups is 1. The summed E-state index contributed by atoms with van der Waals surface area (Å²) in [7, 11) is 0. The molecule has 4 heteroatoms. The van der Waals surface area contributed by atoms with Gasteiger partial charge in [-0.2, -0.15) is 0 Å². The third-order valence-corrected chi connectivity index (χ3v) is 2.85. The van der Waals surface area contributed by atoms with Crippen molar-refractivity contribution < 1.29 is 9.90 Å². The van der Waals surface area contributed by atoms with Crippen LogP contribution in [0.1, 0.15) is 22.8 Å². The summed E-state index contributed by atoms with van der Waals surface area (Å²) in [4.78, 5) is 13.6. The molecule has 0 aliphatic carbocycles. The van der Waals surface area contributed by atoms with Crippen LogP contribution in [0.25, 0.3) is 0 Å². The van der Waals surface area contributed by atoms with Gasteiger partial charge in [0.05, 0.1) is 0 Å². The Balaban J connectivity index is 2.13. The number of benzene rings is 1. The summed E-state index contributed by atoms with van der Waals surface area (Å²) in [5.74, 6) is 0.0834. The molecule has 0 radical (unpaired) electrons. The molecule has 0 unspecified atom stereocenters. The van der Waals surface area contributed by atoms with Crippen LogP contribution in [0.5, 0.6) is 5.75 Å². The van der Waals surface area contributed by atoms with Crippen LogP contribution >= 0.6 is 0 Å². The van der Waals surface area contributed by atoms with Gasteiger partial charge < -0.3 is 15.7 Å². The van der Waals surface area contributed by atoms with Gasteiger partial charge in [-0.1, -0.05) is 6.07 Å². The number of nitrogens with zero attached hydrogens (tertiary/aromatic N) is 1. The van der Waals surface area contributed by atoms with Crippen LogP contribution in [0.2, 0.25) is 0 Å². The fraction of sp³-hybridized carbons (Fsp3) is 0.417. The molecule has 16 heavy (non-hydrogen) atoms. The molecule has 1 amide bonds. The van der Waals surface area contributed by atoms with Crippen molar-refractivity contribution in [2.45, 2.75) is 19.4 Å². The Hall–Kier alpha value is -1.55. The molecular weight excluding hydrogens is 204 g/mol. The van der Waals surface area contributed by atoms with Crippen LogP contribution in [0.3, 0.4) is 0 Å². The lowest BCUT2D eigenvalue weighted by Gasteiger charge is -2.45. The summed E-state index contributed by atoms with van der Waals surface area (Å²) < 4.78 is 0. The van der Waals surface area contributed by atoms with Gasteiger partial charge in [0.25, 0.3) is 5.91 Å². The van der Waals surface area contributed by atoms with Gasteiger partial charge in [0.2, 0.25) is 0 Å². The average Bonchev–Trinajstić information content (AvgIpc) is 2.17. The zero-order valence-corrected chi connectivity index (χ0v) is 9.53. The second-order valence-corrected chi connectivity index (χ2v) is 4.82. The maximum atomic E-state index is 11.9. The largest absolute Gasteiger partial charge is 0.508 e. The quantitative estimate of drug-likeness (QED) is 0.738. The summed E-state index contributed by atoms with van der Waals surface area (Å²) in [6, 6.07) is 4.97. The first kappa shape index (κ1) is 11.0. The average molecular weight is 220 g/mol. The van der Waals surface area contributed by atoms with Crippen LogP contribution in [-0.2, 0) is 0 Å². The van der Waals surface area contributed by atoms with Crippen molar-refractivity contribution in [2.24, 2.45) is 5.73 Å². The summed E-state index contributed by atoms with van der Waals surface area (Å²) in [5.41, 5.74) is 6.86. The molecule has 1 aliphatic heterocycles. The summed E-state index contributed by atoms with van der Waals surface area (Å²) in [6.45, 7) is 4.86. The molecule has 1 heterocycles. The highest BCUT2D eigenvalue weighted by molar-refractivity contribution is 5.95. The Kier molecular flexibility index (Phi) is 2.39. The van der Waals surface area contributed by atoms with E-state index in [1.54, 1.807) is 24.0 Å².